The molecule has 2 aromatic rings. The number of rotatable bonds is 7. The number of ether oxygens (including phenoxy) is 1. The first-order valence-corrected chi connectivity index (χ1v) is 8.84. The standard InChI is InChI=1S/C21H22N2O4/c1-22(14-15-8-3-6-11-18(15)27-2)19(24)12-7-13-23-20(25)16-9-4-5-10-17(16)21(23)26/h3-6,8-11H,7,12-14H2,1-2H3. The summed E-state index contributed by atoms with van der Waals surface area (Å²) in [4.78, 5) is 39.9. The fourth-order valence-corrected chi connectivity index (χ4v) is 3.20. The molecule has 27 heavy (non-hydrogen) atoms. The molecule has 2 aromatic carbocycles. The predicted octanol–water partition coefficient (Wildman–Crippen LogP) is 2.73. The van der Waals surface area contributed by atoms with Gasteiger partial charge in [-0.05, 0) is 24.6 Å². The van der Waals surface area contributed by atoms with E-state index >= 15 is 0 Å². The van der Waals surface area contributed by atoms with Gasteiger partial charge in [0.25, 0.3) is 11.8 Å². The number of para-hydroxylation sites is 1. The average Bonchev–Trinajstić information content (AvgIpc) is 2.93. The molecule has 1 aliphatic heterocycles. The molecule has 0 saturated heterocycles. The number of carbonyl (C=O) groups is 3. The second kappa shape index (κ2) is 8.03. The van der Waals surface area contributed by atoms with E-state index in [1.807, 2.05) is 24.3 Å². The van der Waals surface area contributed by atoms with Crippen LogP contribution in [0.25, 0.3) is 0 Å². The van der Waals surface area contributed by atoms with Crippen LogP contribution >= 0.6 is 0 Å². The van der Waals surface area contributed by atoms with E-state index in [2.05, 4.69) is 0 Å². The van der Waals surface area contributed by atoms with Gasteiger partial charge in [0.1, 0.15) is 5.75 Å². The molecule has 0 aromatic heterocycles. The SMILES string of the molecule is COc1ccccc1CN(C)C(=O)CCCN1C(=O)c2ccccc2C1=O. The maximum absolute atomic E-state index is 12.4. The number of methoxy groups -OCH3 is 1. The van der Waals surface area contributed by atoms with Gasteiger partial charge in [0, 0.05) is 32.1 Å². The van der Waals surface area contributed by atoms with Crippen LogP contribution in [0.4, 0.5) is 0 Å². The van der Waals surface area contributed by atoms with E-state index < -0.39 is 0 Å². The number of fused-ring (bicyclic) bond motifs is 1. The Hall–Kier alpha value is -3.15. The summed E-state index contributed by atoms with van der Waals surface area (Å²) in [5.41, 5.74) is 1.79. The molecule has 0 aliphatic carbocycles. The van der Waals surface area contributed by atoms with Crippen molar-refractivity contribution in [2.24, 2.45) is 0 Å². The molecule has 1 aliphatic rings. The summed E-state index contributed by atoms with van der Waals surface area (Å²) in [6.45, 7) is 0.677. The number of benzene rings is 2. The molecule has 0 saturated carbocycles. The molecule has 0 N–H and O–H groups in total. The summed E-state index contributed by atoms with van der Waals surface area (Å²) in [5, 5.41) is 0. The van der Waals surface area contributed by atoms with Crippen molar-refractivity contribution in [3.63, 3.8) is 0 Å². The topological polar surface area (TPSA) is 66.9 Å². The molecule has 3 amide bonds. The number of hydrogen-bond donors (Lipinski definition) is 0. The Kier molecular flexibility index (Phi) is 5.54. The fourth-order valence-electron chi connectivity index (χ4n) is 3.20. The normalized spacial score (nSPS) is 12.9. The zero-order chi connectivity index (χ0) is 19.4. The number of nitrogens with zero attached hydrogens (tertiary/aromatic N) is 2. The van der Waals surface area contributed by atoms with Gasteiger partial charge < -0.3 is 9.64 Å². The summed E-state index contributed by atoms with van der Waals surface area (Å²) in [5.74, 6) is 0.122. The third kappa shape index (κ3) is 3.84. The lowest BCUT2D eigenvalue weighted by Crippen LogP contribution is -2.32. The van der Waals surface area contributed by atoms with E-state index in [4.69, 9.17) is 4.74 Å². The van der Waals surface area contributed by atoms with Crippen LogP contribution in [-0.2, 0) is 11.3 Å². The van der Waals surface area contributed by atoms with Crippen molar-refractivity contribution in [3.05, 3.63) is 65.2 Å². The fraction of sp³-hybridized carbons (Fsp3) is 0.286. The Morgan fingerprint density at radius 1 is 1.00 bits per heavy atom. The lowest BCUT2D eigenvalue weighted by atomic mass is 10.1. The third-order valence-electron chi connectivity index (χ3n) is 4.68. The average molecular weight is 366 g/mol. The first-order valence-electron chi connectivity index (χ1n) is 8.84. The highest BCUT2D eigenvalue weighted by atomic mass is 16.5. The first-order chi connectivity index (χ1) is 13.0. The van der Waals surface area contributed by atoms with E-state index in [0.717, 1.165) is 11.3 Å². The molecular formula is C21H22N2O4. The Bertz CT molecular complexity index is 843. The molecule has 0 atom stereocenters. The van der Waals surface area contributed by atoms with E-state index in [1.54, 1.807) is 43.3 Å². The van der Waals surface area contributed by atoms with Crippen molar-refractivity contribution in [2.75, 3.05) is 20.7 Å². The van der Waals surface area contributed by atoms with Gasteiger partial charge in [-0.3, -0.25) is 19.3 Å². The molecule has 0 spiro atoms. The van der Waals surface area contributed by atoms with Crippen LogP contribution in [0.3, 0.4) is 0 Å². The molecule has 0 radical (unpaired) electrons. The molecule has 6 heteroatoms. The van der Waals surface area contributed by atoms with Gasteiger partial charge in [-0.25, -0.2) is 0 Å². The Labute approximate surface area is 158 Å². The maximum atomic E-state index is 12.4. The highest BCUT2D eigenvalue weighted by Gasteiger charge is 2.34. The first kappa shape index (κ1) is 18.6. The Morgan fingerprint density at radius 2 is 1.59 bits per heavy atom. The highest BCUT2D eigenvalue weighted by molar-refractivity contribution is 6.21. The van der Waals surface area contributed by atoms with Gasteiger partial charge in [-0.1, -0.05) is 30.3 Å². The number of amides is 3. The van der Waals surface area contributed by atoms with E-state index in [0.29, 0.717) is 24.1 Å². The minimum absolute atomic E-state index is 0.0440. The van der Waals surface area contributed by atoms with E-state index in [-0.39, 0.29) is 30.7 Å². The summed E-state index contributed by atoms with van der Waals surface area (Å²) in [6, 6.07) is 14.3. The number of carbonyl (C=O) groups excluding carboxylic acids is 3. The minimum atomic E-state index is -0.287. The molecule has 0 fully saturated rings. The molecule has 6 nitrogen and oxygen atoms in total. The van der Waals surface area contributed by atoms with E-state index in [1.165, 1.54) is 4.90 Å². The van der Waals surface area contributed by atoms with Gasteiger partial charge in [0.15, 0.2) is 0 Å². The van der Waals surface area contributed by atoms with Crippen molar-refractivity contribution < 1.29 is 19.1 Å². The summed E-state index contributed by atoms with van der Waals surface area (Å²) < 4.78 is 5.31. The lowest BCUT2D eigenvalue weighted by Gasteiger charge is -2.19. The van der Waals surface area contributed by atoms with Crippen molar-refractivity contribution in [3.8, 4) is 5.75 Å². The quantitative estimate of drug-likeness (QED) is 0.707. The largest absolute Gasteiger partial charge is 0.496 e. The zero-order valence-electron chi connectivity index (χ0n) is 15.5. The van der Waals surface area contributed by atoms with Crippen LogP contribution in [0.2, 0.25) is 0 Å². The smallest absolute Gasteiger partial charge is 0.261 e. The van der Waals surface area contributed by atoms with Crippen LogP contribution < -0.4 is 4.74 Å². The van der Waals surface area contributed by atoms with Crippen LogP contribution in [0.5, 0.6) is 5.75 Å². The summed E-state index contributed by atoms with van der Waals surface area (Å²) in [7, 11) is 3.33. The highest BCUT2D eigenvalue weighted by Crippen LogP contribution is 2.23. The number of hydrogen-bond acceptors (Lipinski definition) is 4. The van der Waals surface area contributed by atoms with Gasteiger partial charge in [-0.15, -0.1) is 0 Å². The van der Waals surface area contributed by atoms with Crippen molar-refractivity contribution in [2.45, 2.75) is 19.4 Å². The monoisotopic (exact) mass is 366 g/mol. The molecule has 0 bridgehead atoms. The second-order valence-corrected chi connectivity index (χ2v) is 6.47. The molecule has 1 heterocycles. The molecular weight excluding hydrogens is 344 g/mol. The van der Waals surface area contributed by atoms with Crippen molar-refractivity contribution in [1.29, 1.82) is 0 Å². The summed E-state index contributed by atoms with van der Waals surface area (Å²) in [6.07, 6.45) is 0.694. The van der Waals surface area contributed by atoms with Crippen LogP contribution in [-0.4, -0.2) is 48.2 Å². The van der Waals surface area contributed by atoms with Gasteiger partial charge in [0.05, 0.1) is 18.2 Å². The Balaban J connectivity index is 1.53. The Morgan fingerprint density at radius 3 is 2.22 bits per heavy atom. The summed E-state index contributed by atoms with van der Waals surface area (Å²) >= 11 is 0. The van der Waals surface area contributed by atoms with Crippen molar-refractivity contribution in [1.82, 2.24) is 9.80 Å². The minimum Gasteiger partial charge on any atom is -0.496 e. The lowest BCUT2D eigenvalue weighted by molar-refractivity contribution is -0.130. The predicted molar refractivity (Wildman–Crippen MR) is 101 cm³/mol. The van der Waals surface area contributed by atoms with Crippen molar-refractivity contribution >= 4 is 17.7 Å². The van der Waals surface area contributed by atoms with Gasteiger partial charge in [0.2, 0.25) is 5.91 Å². The third-order valence-corrected chi connectivity index (χ3v) is 4.68. The van der Waals surface area contributed by atoms with Crippen LogP contribution in [0, 0.1) is 0 Å². The van der Waals surface area contributed by atoms with Gasteiger partial charge >= 0.3 is 0 Å². The number of imide groups is 1. The van der Waals surface area contributed by atoms with E-state index in [9.17, 15) is 14.4 Å². The second-order valence-electron chi connectivity index (χ2n) is 6.47. The van der Waals surface area contributed by atoms with Crippen LogP contribution in [0.1, 0.15) is 39.1 Å². The zero-order valence-corrected chi connectivity index (χ0v) is 15.5. The molecule has 3 rings (SSSR count). The van der Waals surface area contributed by atoms with Gasteiger partial charge in [-0.2, -0.15) is 0 Å². The molecule has 0 unspecified atom stereocenters. The maximum Gasteiger partial charge on any atom is 0.261 e. The molecule has 140 valence electrons. The van der Waals surface area contributed by atoms with Crippen LogP contribution in [0.15, 0.2) is 48.5 Å².